The Morgan fingerprint density at radius 1 is 1.19 bits per heavy atom. The molecule has 0 spiro atoms. The average molecular weight is 374 g/mol. The SMILES string of the molecule is CN(C)C1[C@@H]2CC[C@H]1CN(C(=O)c1ccccc1OC(F)(F)C(F)F)C2. The Labute approximate surface area is 149 Å². The van der Waals surface area contributed by atoms with Crippen molar-refractivity contribution in [3.05, 3.63) is 29.8 Å². The maximum absolute atomic E-state index is 13.3. The van der Waals surface area contributed by atoms with Crippen molar-refractivity contribution in [1.82, 2.24) is 9.80 Å². The van der Waals surface area contributed by atoms with Crippen LogP contribution in [0.15, 0.2) is 24.3 Å². The minimum Gasteiger partial charge on any atom is -0.427 e. The summed E-state index contributed by atoms with van der Waals surface area (Å²) in [5.74, 6) is -0.337. The first kappa shape index (κ1) is 18.9. The Balaban J connectivity index is 1.79. The fourth-order valence-electron chi connectivity index (χ4n) is 4.30. The summed E-state index contributed by atoms with van der Waals surface area (Å²) in [5, 5.41) is 0. The summed E-state index contributed by atoms with van der Waals surface area (Å²) in [4.78, 5) is 16.7. The van der Waals surface area contributed by atoms with Crippen molar-refractivity contribution >= 4 is 5.91 Å². The number of para-hydroxylation sites is 1. The van der Waals surface area contributed by atoms with E-state index in [1.165, 1.54) is 18.2 Å². The second kappa shape index (κ2) is 7.06. The molecule has 2 aliphatic rings. The summed E-state index contributed by atoms with van der Waals surface area (Å²) < 4.78 is 55.7. The molecule has 3 rings (SSSR count). The van der Waals surface area contributed by atoms with E-state index in [2.05, 4.69) is 9.64 Å². The summed E-state index contributed by atoms with van der Waals surface area (Å²) >= 11 is 0. The molecule has 8 heteroatoms. The van der Waals surface area contributed by atoms with Gasteiger partial charge in [-0.15, -0.1) is 0 Å². The maximum Gasteiger partial charge on any atom is 0.461 e. The van der Waals surface area contributed by atoms with E-state index in [-0.39, 0.29) is 5.56 Å². The first-order chi connectivity index (χ1) is 12.2. The molecule has 0 N–H and O–H groups in total. The predicted molar refractivity (Wildman–Crippen MR) is 87.6 cm³/mol. The molecule has 1 aliphatic heterocycles. The molecule has 1 heterocycles. The number of carbonyl (C=O) groups excluding carboxylic acids is 1. The second-order valence-electron chi connectivity index (χ2n) is 7.22. The van der Waals surface area contributed by atoms with Gasteiger partial charge in [0.1, 0.15) is 5.75 Å². The molecule has 3 atom stereocenters. The van der Waals surface area contributed by atoms with Crippen LogP contribution in [0.1, 0.15) is 23.2 Å². The highest BCUT2D eigenvalue weighted by molar-refractivity contribution is 5.97. The lowest BCUT2D eigenvalue weighted by Gasteiger charge is -2.41. The lowest BCUT2D eigenvalue weighted by molar-refractivity contribution is -0.253. The molecular weight excluding hydrogens is 352 g/mol. The zero-order valence-electron chi connectivity index (χ0n) is 14.7. The highest BCUT2D eigenvalue weighted by Gasteiger charge is 2.46. The standard InChI is InChI=1S/C18H22F4N2O2/c1-23(2)15-11-7-8-12(15)10-24(9-11)16(25)13-5-3-4-6-14(13)26-18(21,22)17(19)20/h3-6,11-12,15,17H,7-10H2,1-2H3/t11-,12+,15?. The first-order valence-corrected chi connectivity index (χ1v) is 8.60. The third kappa shape index (κ3) is 3.51. The Morgan fingerprint density at radius 3 is 2.31 bits per heavy atom. The minimum atomic E-state index is -4.65. The van der Waals surface area contributed by atoms with Gasteiger partial charge in [-0.3, -0.25) is 4.79 Å². The van der Waals surface area contributed by atoms with E-state index in [1.54, 1.807) is 4.90 Å². The molecule has 26 heavy (non-hydrogen) atoms. The van der Waals surface area contributed by atoms with Crippen LogP contribution in [0.2, 0.25) is 0 Å². The van der Waals surface area contributed by atoms with Gasteiger partial charge in [0.25, 0.3) is 5.91 Å². The van der Waals surface area contributed by atoms with Crippen molar-refractivity contribution in [2.75, 3.05) is 27.2 Å². The zero-order chi connectivity index (χ0) is 19.1. The Kier molecular flexibility index (Phi) is 5.14. The van der Waals surface area contributed by atoms with Crippen molar-refractivity contribution in [2.24, 2.45) is 11.8 Å². The summed E-state index contributed by atoms with van der Waals surface area (Å²) in [5.41, 5.74) is -0.115. The Hall–Kier alpha value is -1.83. The van der Waals surface area contributed by atoms with Gasteiger partial charge in [-0.2, -0.15) is 17.6 Å². The van der Waals surface area contributed by atoms with Gasteiger partial charge in [0.05, 0.1) is 5.56 Å². The van der Waals surface area contributed by atoms with Crippen LogP contribution in [0.25, 0.3) is 0 Å². The number of rotatable bonds is 5. The smallest absolute Gasteiger partial charge is 0.427 e. The number of fused-ring (bicyclic) bond motifs is 2. The van der Waals surface area contributed by atoms with Crippen LogP contribution >= 0.6 is 0 Å². The topological polar surface area (TPSA) is 32.8 Å². The van der Waals surface area contributed by atoms with E-state index >= 15 is 0 Å². The number of piperidine rings is 1. The van der Waals surface area contributed by atoms with Gasteiger partial charge in [-0.05, 0) is 50.9 Å². The van der Waals surface area contributed by atoms with Crippen molar-refractivity contribution in [1.29, 1.82) is 0 Å². The fourth-order valence-corrected chi connectivity index (χ4v) is 4.30. The third-order valence-electron chi connectivity index (χ3n) is 5.29. The molecule has 2 bridgehead atoms. The molecule has 2 fully saturated rings. The number of amides is 1. The van der Waals surface area contributed by atoms with E-state index in [9.17, 15) is 22.4 Å². The first-order valence-electron chi connectivity index (χ1n) is 8.60. The van der Waals surface area contributed by atoms with E-state index in [0.717, 1.165) is 18.9 Å². The third-order valence-corrected chi connectivity index (χ3v) is 5.29. The average Bonchev–Trinajstić information content (AvgIpc) is 2.85. The number of likely N-dealkylation sites (tertiary alicyclic amines) is 1. The van der Waals surface area contributed by atoms with E-state index in [0.29, 0.717) is 31.0 Å². The molecule has 1 saturated heterocycles. The molecule has 1 unspecified atom stereocenters. The fraction of sp³-hybridized carbons (Fsp3) is 0.611. The highest BCUT2D eigenvalue weighted by Crippen LogP contribution is 2.40. The number of nitrogens with zero attached hydrogens (tertiary/aromatic N) is 2. The van der Waals surface area contributed by atoms with Gasteiger partial charge in [0.15, 0.2) is 0 Å². The van der Waals surface area contributed by atoms with Crippen LogP contribution in [0.5, 0.6) is 5.75 Å². The Bertz CT molecular complexity index is 654. The molecule has 1 aliphatic carbocycles. The molecule has 1 amide bonds. The highest BCUT2D eigenvalue weighted by atomic mass is 19.3. The van der Waals surface area contributed by atoms with Gasteiger partial charge < -0.3 is 14.5 Å². The van der Waals surface area contributed by atoms with Crippen LogP contribution in [0.4, 0.5) is 17.6 Å². The summed E-state index contributed by atoms with van der Waals surface area (Å²) in [6, 6.07) is 5.72. The molecule has 1 aromatic rings. The molecule has 4 nitrogen and oxygen atoms in total. The van der Waals surface area contributed by atoms with Crippen LogP contribution < -0.4 is 4.74 Å². The number of halogens is 4. The second-order valence-corrected chi connectivity index (χ2v) is 7.22. The van der Waals surface area contributed by atoms with Crippen molar-refractivity contribution < 1.29 is 27.1 Å². The van der Waals surface area contributed by atoms with Crippen molar-refractivity contribution in [3.8, 4) is 5.75 Å². The normalized spacial score (nSPS) is 25.8. The number of carbonyl (C=O) groups is 1. The Morgan fingerprint density at radius 2 is 1.77 bits per heavy atom. The van der Waals surface area contributed by atoms with Crippen LogP contribution in [-0.4, -0.2) is 61.5 Å². The number of ether oxygens (including phenoxy) is 1. The molecule has 144 valence electrons. The maximum atomic E-state index is 13.3. The van der Waals surface area contributed by atoms with Crippen LogP contribution in [-0.2, 0) is 0 Å². The van der Waals surface area contributed by atoms with Crippen LogP contribution in [0.3, 0.4) is 0 Å². The summed E-state index contributed by atoms with van der Waals surface area (Å²) in [7, 11) is 4.03. The lowest BCUT2D eigenvalue weighted by Crippen LogP contribution is -2.52. The number of benzene rings is 1. The van der Waals surface area contributed by atoms with E-state index < -0.39 is 24.2 Å². The predicted octanol–water partition coefficient (Wildman–Crippen LogP) is 3.34. The minimum absolute atomic E-state index is 0.115. The number of alkyl halides is 4. The van der Waals surface area contributed by atoms with E-state index in [4.69, 9.17) is 0 Å². The molecular formula is C18H22F4N2O2. The summed E-state index contributed by atoms with van der Waals surface area (Å²) in [6.07, 6.45) is -6.59. The molecule has 1 saturated carbocycles. The quantitative estimate of drug-likeness (QED) is 0.741. The molecule has 1 aromatic carbocycles. The van der Waals surface area contributed by atoms with E-state index in [1.807, 2.05) is 14.1 Å². The van der Waals surface area contributed by atoms with Gasteiger partial charge in [-0.1, -0.05) is 12.1 Å². The largest absolute Gasteiger partial charge is 0.461 e. The van der Waals surface area contributed by atoms with Crippen molar-refractivity contribution in [2.45, 2.75) is 31.4 Å². The molecule has 0 radical (unpaired) electrons. The number of hydrogen-bond donors (Lipinski definition) is 0. The van der Waals surface area contributed by atoms with Crippen LogP contribution in [0, 0.1) is 11.8 Å². The van der Waals surface area contributed by atoms with Gasteiger partial charge in [0.2, 0.25) is 0 Å². The van der Waals surface area contributed by atoms with Crippen molar-refractivity contribution in [3.63, 3.8) is 0 Å². The number of hydrogen-bond acceptors (Lipinski definition) is 3. The summed E-state index contributed by atoms with van der Waals surface area (Å²) in [6.45, 7) is 1.05. The zero-order valence-corrected chi connectivity index (χ0v) is 14.7. The monoisotopic (exact) mass is 374 g/mol. The van der Waals surface area contributed by atoms with Gasteiger partial charge in [0, 0.05) is 19.1 Å². The molecule has 0 aromatic heterocycles. The lowest BCUT2D eigenvalue weighted by atomic mass is 9.91. The van der Waals surface area contributed by atoms with Gasteiger partial charge >= 0.3 is 12.5 Å². The van der Waals surface area contributed by atoms with Gasteiger partial charge in [-0.25, -0.2) is 0 Å².